The van der Waals surface area contributed by atoms with E-state index in [0.29, 0.717) is 6.04 Å². The maximum atomic E-state index is 12.7. The standard InChI is InChI=1S/C18H18INO/c19-16-9-4-8-15(13-16)18(21)20-11-5-10-17(20)12-14-6-2-1-3-7-14/h1-4,6-9,13,17H,5,10-12H2. The minimum absolute atomic E-state index is 0.173. The Balaban J connectivity index is 1.76. The Bertz CT molecular complexity index is 626. The first-order valence-corrected chi connectivity index (χ1v) is 8.42. The van der Waals surface area contributed by atoms with Crippen LogP contribution in [0.2, 0.25) is 0 Å². The number of nitrogens with zero attached hydrogens (tertiary/aromatic N) is 1. The Kier molecular flexibility index (Phi) is 4.58. The number of rotatable bonds is 3. The third kappa shape index (κ3) is 3.46. The maximum absolute atomic E-state index is 12.7. The first-order valence-electron chi connectivity index (χ1n) is 7.34. The lowest BCUT2D eigenvalue weighted by atomic mass is 10.0. The second-order valence-corrected chi connectivity index (χ2v) is 6.74. The normalized spacial score (nSPS) is 18.0. The van der Waals surface area contributed by atoms with E-state index < -0.39 is 0 Å². The molecular weight excluding hydrogens is 373 g/mol. The summed E-state index contributed by atoms with van der Waals surface area (Å²) in [4.78, 5) is 14.8. The molecule has 1 heterocycles. The van der Waals surface area contributed by atoms with Crippen LogP contribution in [0, 0.1) is 3.57 Å². The van der Waals surface area contributed by atoms with Gasteiger partial charge < -0.3 is 4.90 Å². The molecule has 0 aliphatic carbocycles. The summed E-state index contributed by atoms with van der Waals surface area (Å²) < 4.78 is 1.11. The van der Waals surface area contributed by atoms with Crippen molar-refractivity contribution in [1.29, 1.82) is 0 Å². The largest absolute Gasteiger partial charge is 0.335 e. The van der Waals surface area contributed by atoms with Gasteiger partial charge in [0.1, 0.15) is 0 Å². The second-order valence-electron chi connectivity index (χ2n) is 5.49. The highest BCUT2D eigenvalue weighted by atomic mass is 127. The molecule has 0 N–H and O–H groups in total. The van der Waals surface area contributed by atoms with Crippen molar-refractivity contribution in [2.45, 2.75) is 25.3 Å². The van der Waals surface area contributed by atoms with Gasteiger partial charge in [0.15, 0.2) is 0 Å². The lowest BCUT2D eigenvalue weighted by molar-refractivity contribution is 0.0736. The molecule has 0 bridgehead atoms. The lowest BCUT2D eigenvalue weighted by Gasteiger charge is -2.25. The number of hydrogen-bond donors (Lipinski definition) is 0. The van der Waals surface area contributed by atoms with Crippen molar-refractivity contribution in [3.05, 3.63) is 69.3 Å². The molecule has 0 aromatic heterocycles. The van der Waals surface area contributed by atoms with Crippen molar-refractivity contribution in [3.8, 4) is 0 Å². The van der Waals surface area contributed by atoms with E-state index in [1.54, 1.807) is 0 Å². The molecule has 1 amide bonds. The zero-order valence-electron chi connectivity index (χ0n) is 11.8. The highest BCUT2D eigenvalue weighted by Gasteiger charge is 2.29. The first-order chi connectivity index (χ1) is 10.2. The van der Waals surface area contributed by atoms with Crippen LogP contribution in [-0.4, -0.2) is 23.4 Å². The molecule has 1 saturated heterocycles. The van der Waals surface area contributed by atoms with E-state index in [2.05, 4.69) is 51.8 Å². The molecular formula is C18H18INO. The molecule has 2 nitrogen and oxygen atoms in total. The Hall–Kier alpha value is -1.36. The number of carbonyl (C=O) groups is 1. The van der Waals surface area contributed by atoms with Gasteiger partial charge in [-0.25, -0.2) is 0 Å². The number of amides is 1. The minimum Gasteiger partial charge on any atom is -0.335 e. The van der Waals surface area contributed by atoms with Crippen LogP contribution in [0.1, 0.15) is 28.8 Å². The molecule has 2 aromatic carbocycles. The van der Waals surface area contributed by atoms with Gasteiger partial charge in [-0.2, -0.15) is 0 Å². The maximum Gasteiger partial charge on any atom is 0.254 e. The Morgan fingerprint density at radius 2 is 1.95 bits per heavy atom. The number of hydrogen-bond acceptors (Lipinski definition) is 1. The fourth-order valence-corrected chi connectivity index (χ4v) is 3.53. The molecule has 1 aliphatic heterocycles. The van der Waals surface area contributed by atoms with E-state index in [-0.39, 0.29) is 5.91 Å². The van der Waals surface area contributed by atoms with Gasteiger partial charge in [0.2, 0.25) is 0 Å². The summed E-state index contributed by atoms with van der Waals surface area (Å²) in [7, 11) is 0. The Morgan fingerprint density at radius 1 is 1.14 bits per heavy atom. The molecule has 1 fully saturated rings. The lowest BCUT2D eigenvalue weighted by Crippen LogP contribution is -2.36. The van der Waals surface area contributed by atoms with E-state index in [1.165, 1.54) is 5.56 Å². The van der Waals surface area contributed by atoms with Crippen molar-refractivity contribution >= 4 is 28.5 Å². The number of halogens is 1. The zero-order valence-corrected chi connectivity index (χ0v) is 14.0. The highest BCUT2D eigenvalue weighted by Crippen LogP contribution is 2.23. The van der Waals surface area contributed by atoms with E-state index in [4.69, 9.17) is 0 Å². The average molecular weight is 391 g/mol. The molecule has 1 aliphatic rings. The SMILES string of the molecule is O=C(c1cccc(I)c1)N1CCCC1Cc1ccccc1. The van der Waals surface area contributed by atoms with Crippen LogP contribution in [0.15, 0.2) is 54.6 Å². The topological polar surface area (TPSA) is 20.3 Å². The van der Waals surface area contributed by atoms with Crippen molar-refractivity contribution < 1.29 is 4.79 Å². The molecule has 3 heteroatoms. The van der Waals surface area contributed by atoms with Crippen LogP contribution >= 0.6 is 22.6 Å². The molecule has 108 valence electrons. The summed E-state index contributed by atoms with van der Waals surface area (Å²) in [5.41, 5.74) is 2.12. The molecule has 0 saturated carbocycles. The van der Waals surface area contributed by atoms with Crippen LogP contribution in [0.25, 0.3) is 0 Å². The minimum atomic E-state index is 0.173. The van der Waals surface area contributed by atoms with E-state index in [0.717, 1.165) is 34.9 Å². The molecule has 21 heavy (non-hydrogen) atoms. The third-order valence-electron chi connectivity index (χ3n) is 4.02. The van der Waals surface area contributed by atoms with Gasteiger partial charge in [-0.05, 0) is 65.6 Å². The van der Waals surface area contributed by atoms with E-state index in [1.807, 2.05) is 30.3 Å². The number of benzene rings is 2. The highest BCUT2D eigenvalue weighted by molar-refractivity contribution is 14.1. The van der Waals surface area contributed by atoms with Gasteiger partial charge in [0.25, 0.3) is 5.91 Å². The van der Waals surface area contributed by atoms with Crippen molar-refractivity contribution in [3.63, 3.8) is 0 Å². The van der Waals surface area contributed by atoms with Crippen LogP contribution in [0.5, 0.6) is 0 Å². The summed E-state index contributed by atoms with van der Waals surface area (Å²) in [6.45, 7) is 0.877. The van der Waals surface area contributed by atoms with Crippen molar-refractivity contribution in [1.82, 2.24) is 4.90 Å². The van der Waals surface area contributed by atoms with Crippen molar-refractivity contribution in [2.24, 2.45) is 0 Å². The van der Waals surface area contributed by atoms with E-state index >= 15 is 0 Å². The fourth-order valence-electron chi connectivity index (χ4n) is 2.99. The summed E-state index contributed by atoms with van der Waals surface area (Å²) in [6, 6.07) is 18.7. The summed E-state index contributed by atoms with van der Waals surface area (Å²) >= 11 is 2.26. The molecule has 1 unspecified atom stereocenters. The van der Waals surface area contributed by atoms with Gasteiger partial charge in [0.05, 0.1) is 0 Å². The zero-order chi connectivity index (χ0) is 14.7. The molecule has 3 rings (SSSR count). The molecule has 0 radical (unpaired) electrons. The van der Waals surface area contributed by atoms with Gasteiger partial charge in [-0.15, -0.1) is 0 Å². The molecule has 1 atom stereocenters. The smallest absolute Gasteiger partial charge is 0.254 e. The second kappa shape index (κ2) is 6.60. The van der Waals surface area contributed by atoms with Crippen molar-refractivity contribution in [2.75, 3.05) is 6.54 Å². The molecule has 0 spiro atoms. The number of carbonyl (C=O) groups excluding carboxylic acids is 1. The summed E-state index contributed by atoms with van der Waals surface area (Å²) in [5, 5.41) is 0. The van der Waals surface area contributed by atoms with Crippen LogP contribution < -0.4 is 0 Å². The molecule has 2 aromatic rings. The fraction of sp³-hybridized carbons (Fsp3) is 0.278. The summed E-state index contributed by atoms with van der Waals surface area (Å²) in [5.74, 6) is 0.173. The Morgan fingerprint density at radius 3 is 2.71 bits per heavy atom. The van der Waals surface area contributed by atoms with Gasteiger partial charge in [-0.3, -0.25) is 4.79 Å². The average Bonchev–Trinajstić information content (AvgIpc) is 2.95. The van der Waals surface area contributed by atoms with Crippen LogP contribution in [0.3, 0.4) is 0 Å². The Labute approximate surface area is 139 Å². The predicted molar refractivity (Wildman–Crippen MR) is 93.4 cm³/mol. The number of likely N-dealkylation sites (tertiary alicyclic amines) is 1. The third-order valence-corrected chi connectivity index (χ3v) is 4.69. The van der Waals surface area contributed by atoms with Gasteiger partial charge in [0, 0.05) is 21.7 Å². The predicted octanol–water partition coefficient (Wildman–Crippen LogP) is 4.14. The van der Waals surface area contributed by atoms with Gasteiger partial charge >= 0.3 is 0 Å². The van der Waals surface area contributed by atoms with Gasteiger partial charge in [-0.1, -0.05) is 36.4 Å². The first kappa shape index (κ1) is 14.6. The van der Waals surface area contributed by atoms with E-state index in [9.17, 15) is 4.79 Å². The quantitative estimate of drug-likeness (QED) is 0.721. The van der Waals surface area contributed by atoms with Crippen LogP contribution in [0.4, 0.5) is 0 Å². The van der Waals surface area contributed by atoms with Crippen LogP contribution in [-0.2, 0) is 6.42 Å². The summed E-state index contributed by atoms with van der Waals surface area (Å²) in [6.07, 6.45) is 3.16. The monoisotopic (exact) mass is 391 g/mol.